The van der Waals surface area contributed by atoms with Crippen molar-refractivity contribution in [2.24, 2.45) is 0 Å². The molecule has 192 valence electrons. The van der Waals surface area contributed by atoms with Crippen molar-refractivity contribution < 1.29 is 14.1 Å². The first kappa shape index (κ1) is 28.6. The monoisotopic (exact) mass is 479 g/mol. The minimum absolute atomic E-state index is 0.350. The maximum Gasteiger partial charge on any atom is 0.407 e. The normalized spacial score (nSPS) is 11.3. The largest absolute Gasteiger partial charge is 0.450 e. The molecule has 1 aromatic carbocycles. The summed E-state index contributed by atoms with van der Waals surface area (Å²) in [6, 6.07) is 12.5. The lowest BCUT2D eigenvalue weighted by molar-refractivity contribution is -0.697. The third-order valence-electron chi connectivity index (χ3n) is 6.59. The van der Waals surface area contributed by atoms with E-state index in [1.54, 1.807) is 0 Å². The number of unbranched alkanes of at least 4 members (excludes halogenated alkanes) is 9. The fraction of sp³-hybridized carbons (Fsp3) is 0.548. The van der Waals surface area contributed by atoms with Crippen LogP contribution >= 0.6 is 0 Å². The van der Waals surface area contributed by atoms with Crippen LogP contribution in [0.3, 0.4) is 0 Å². The maximum absolute atomic E-state index is 12.3. The van der Waals surface area contributed by atoms with Crippen LogP contribution in [-0.2, 0) is 16.8 Å². The number of nitrogens with one attached hydrogen (secondary N) is 1. The molecule has 1 heterocycles. The number of aryl methyl sites for hydroxylation is 2. The summed E-state index contributed by atoms with van der Waals surface area (Å²) in [5, 5.41) is 3.00. The number of rotatable bonds is 16. The first-order chi connectivity index (χ1) is 16.8. The zero-order valence-corrected chi connectivity index (χ0v) is 22.6. The molecule has 1 aromatic heterocycles. The molecule has 0 aliphatic carbocycles. The van der Waals surface area contributed by atoms with Crippen LogP contribution < -0.4 is 9.88 Å². The molecule has 0 radical (unpaired) electrons. The molecule has 0 unspecified atom stereocenters. The summed E-state index contributed by atoms with van der Waals surface area (Å²) >= 11 is 0. The van der Waals surface area contributed by atoms with E-state index in [1.807, 2.05) is 39.0 Å². The van der Waals surface area contributed by atoms with Crippen molar-refractivity contribution in [1.82, 2.24) is 5.32 Å². The number of carbonyl (C=O) groups excluding carboxylic acids is 1. The highest BCUT2D eigenvalue weighted by atomic mass is 16.5. The minimum Gasteiger partial charge on any atom is -0.450 e. The molecule has 0 atom stereocenters. The maximum atomic E-state index is 12.3. The fourth-order valence-corrected chi connectivity index (χ4v) is 4.19. The molecule has 1 N–H and O–H groups in total. The smallest absolute Gasteiger partial charge is 0.407 e. The molecule has 0 spiro atoms. The fourth-order valence-electron chi connectivity index (χ4n) is 4.19. The second kappa shape index (κ2) is 15.4. The predicted molar refractivity (Wildman–Crippen MR) is 146 cm³/mol. The summed E-state index contributed by atoms with van der Waals surface area (Å²) < 4.78 is 7.71. The molecule has 2 rings (SSSR count). The van der Waals surface area contributed by atoms with Crippen molar-refractivity contribution in [3.8, 4) is 0 Å². The van der Waals surface area contributed by atoms with Gasteiger partial charge in [-0.3, -0.25) is 0 Å². The molecule has 0 aliphatic rings. The minimum atomic E-state index is -0.498. The number of carbonyl (C=O) groups is 1. The summed E-state index contributed by atoms with van der Waals surface area (Å²) in [6.07, 6.45) is 16.4. The molecule has 1 amide bonds. The Balaban J connectivity index is 1.44. The van der Waals surface area contributed by atoms with Gasteiger partial charge >= 0.3 is 6.09 Å². The Morgan fingerprint density at radius 2 is 1.49 bits per heavy atom. The van der Waals surface area contributed by atoms with Crippen LogP contribution in [0.5, 0.6) is 0 Å². The van der Waals surface area contributed by atoms with Gasteiger partial charge in [-0.25, -0.2) is 9.36 Å². The van der Waals surface area contributed by atoms with Crippen LogP contribution in [0.2, 0.25) is 0 Å². The van der Waals surface area contributed by atoms with Crippen molar-refractivity contribution in [3.05, 3.63) is 72.1 Å². The summed E-state index contributed by atoms with van der Waals surface area (Å²) in [5.74, 6) is 0. The van der Waals surface area contributed by atoms with Gasteiger partial charge < -0.3 is 10.1 Å². The van der Waals surface area contributed by atoms with Gasteiger partial charge in [0.15, 0.2) is 12.4 Å². The summed E-state index contributed by atoms with van der Waals surface area (Å²) in [7, 11) is 0. The Hall–Kier alpha value is -2.62. The second-order valence-corrected chi connectivity index (χ2v) is 10.4. The van der Waals surface area contributed by atoms with Crippen molar-refractivity contribution >= 4 is 11.7 Å². The Labute approximate surface area is 213 Å². The van der Waals surface area contributed by atoms with E-state index in [2.05, 4.69) is 54.0 Å². The standard InChI is InChI=1S/C31H46N2O2/c1-26(2)28-17-16-18-29(25-28)31(4,5)32-30(34)35-24-15-13-11-9-7-6-8-10-12-14-21-33-22-19-27(3)20-23-33/h16-20,22-23,25H,1,6-15,21,24H2,2-5H3/p+1. The van der Waals surface area contributed by atoms with Crippen LogP contribution in [0, 0.1) is 6.92 Å². The lowest BCUT2D eigenvalue weighted by Gasteiger charge is -2.27. The van der Waals surface area contributed by atoms with Crippen LogP contribution in [0.15, 0.2) is 55.4 Å². The van der Waals surface area contributed by atoms with Gasteiger partial charge in [-0.1, -0.05) is 75.3 Å². The molecular weight excluding hydrogens is 432 g/mol. The number of hydrogen-bond acceptors (Lipinski definition) is 2. The number of alkyl carbamates (subject to hydrolysis) is 1. The SMILES string of the molecule is C=C(C)c1cccc(C(C)(C)NC(=O)OCCCCCCCCCCCC[n+]2ccc(C)cc2)c1. The third kappa shape index (κ3) is 11.6. The van der Waals surface area contributed by atoms with Crippen LogP contribution in [0.25, 0.3) is 5.57 Å². The number of amides is 1. The number of hydrogen-bond donors (Lipinski definition) is 1. The lowest BCUT2D eigenvalue weighted by atomic mass is 9.92. The topological polar surface area (TPSA) is 42.2 Å². The summed E-state index contributed by atoms with van der Waals surface area (Å²) in [6.45, 7) is 13.7. The van der Waals surface area contributed by atoms with Gasteiger partial charge in [0.05, 0.1) is 12.1 Å². The van der Waals surface area contributed by atoms with E-state index in [9.17, 15) is 4.79 Å². The lowest BCUT2D eigenvalue weighted by Crippen LogP contribution is -2.41. The van der Waals surface area contributed by atoms with Crippen molar-refractivity contribution in [2.45, 2.75) is 104 Å². The first-order valence-electron chi connectivity index (χ1n) is 13.4. The summed E-state index contributed by atoms with van der Waals surface area (Å²) in [4.78, 5) is 12.3. The molecule has 0 aliphatic heterocycles. The number of aromatic nitrogens is 1. The van der Waals surface area contributed by atoms with Crippen LogP contribution in [-0.4, -0.2) is 12.7 Å². The van der Waals surface area contributed by atoms with Gasteiger partial charge in [-0.15, -0.1) is 0 Å². The second-order valence-electron chi connectivity index (χ2n) is 10.4. The molecule has 0 saturated carbocycles. The number of ether oxygens (including phenoxy) is 1. The third-order valence-corrected chi connectivity index (χ3v) is 6.59. The highest BCUT2D eigenvalue weighted by Gasteiger charge is 2.23. The molecular formula is C31H47N2O2+. The van der Waals surface area contributed by atoms with Gasteiger partial charge in [-0.2, -0.15) is 0 Å². The highest BCUT2D eigenvalue weighted by molar-refractivity contribution is 5.69. The number of allylic oxidation sites excluding steroid dienone is 1. The zero-order chi connectivity index (χ0) is 25.5. The van der Waals surface area contributed by atoms with E-state index in [4.69, 9.17) is 4.74 Å². The Kier molecular flexibility index (Phi) is 12.6. The molecule has 0 bridgehead atoms. The average Bonchev–Trinajstić information content (AvgIpc) is 2.83. The van der Waals surface area contributed by atoms with Gasteiger partial charge in [-0.05, 0) is 63.3 Å². The van der Waals surface area contributed by atoms with Crippen molar-refractivity contribution in [3.63, 3.8) is 0 Å². The molecule has 35 heavy (non-hydrogen) atoms. The van der Waals surface area contributed by atoms with E-state index in [-0.39, 0.29) is 6.09 Å². The van der Waals surface area contributed by atoms with Crippen LogP contribution in [0.4, 0.5) is 4.79 Å². The zero-order valence-electron chi connectivity index (χ0n) is 22.6. The van der Waals surface area contributed by atoms with Gasteiger partial charge in [0, 0.05) is 18.6 Å². The quantitative estimate of drug-likeness (QED) is 0.196. The van der Waals surface area contributed by atoms with E-state index >= 15 is 0 Å². The van der Waals surface area contributed by atoms with E-state index in [1.165, 1.54) is 56.9 Å². The van der Waals surface area contributed by atoms with E-state index < -0.39 is 5.54 Å². The van der Waals surface area contributed by atoms with Gasteiger partial charge in [0.1, 0.15) is 6.54 Å². The number of pyridine rings is 1. The molecule has 4 nitrogen and oxygen atoms in total. The highest BCUT2D eigenvalue weighted by Crippen LogP contribution is 2.23. The van der Waals surface area contributed by atoms with E-state index in [0.717, 1.165) is 36.1 Å². The van der Waals surface area contributed by atoms with E-state index in [0.29, 0.717) is 6.61 Å². The molecule has 0 fully saturated rings. The number of benzene rings is 1. The first-order valence-corrected chi connectivity index (χ1v) is 13.4. The summed E-state index contributed by atoms with van der Waals surface area (Å²) in [5.41, 5.74) is 3.96. The molecule has 0 saturated heterocycles. The van der Waals surface area contributed by atoms with Crippen LogP contribution in [0.1, 0.15) is 102 Å². The average molecular weight is 480 g/mol. The molecule has 2 aromatic rings. The van der Waals surface area contributed by atoms with Gasteiger partial charge in [0.2, 0.25) is 0 Å². The Morgan fingerprint density at radius 1 is 0.914 bits per heavy atom. The Bertz CT molecular complexity index is 902. The number of nitrogens with zero attached hydrogens (tertiary/aromatic N) is 1. The Morgan fingerprint density at radius 3 is 2.09 bits per heavy atom. The van der Waals surface area contributed by atoms with Gasteiger partial charge in [0.25, 0.3) is 0 Å². The van der Waals surface area contributed by atoms with Crippen molar-refractivity contribution in [1.29, 1.82) is 0 Å². The van der Waals surface area contributed by atoms with Crippen molar-refractivity contribution in [2.75, 3.05) is 6.61 Å². The molecule has 4 heteroatoms. The predicted octanol–water partition coefficient (Wildman–Crippen LogP) is 7.88.